The predicted molar refractivity (Wildman–Crippen MR) is 80.2 cm³/mol. The highest BCUT2D eigenvalue weighted by Gasteiger charge is 2.32. The lowest BCUT2D eigenvalue weighted by atomic mass is 10.1. The van der Waals surface area contributed by atoms with Crippen LogP contribution in [0.4, 0.5) is 10.2 Å². The minimum Gasteiger partial charge on any atom is -0.478 e. The maximum absolute atomic E-state index is 13.6. The monoisotopic (exact) mass is 351 g/mol. The fourth-order valence-electron chi connectivity index (χ4n) is 2.40. The van der Waals surface area contributed by atoms with Gasteiger partial charge in [0.25, 0.3) is 17.4 Å². The highest BCUT2D eigenvalue weighted by atomic mass is 35.5. The fourth-order valence-corrected chi connectivity index (χ4v) is 2.64. The minimum atomic E-state index is -1.58. The molecule has 4 N–H and O–H groups in total. The van der Waals surface area contributed by atoms with Gasteiger partial charge >= 0.3 is 5.97 Å². The summed E-state index contributed by atoms with van der Waals surface area (Å²) in [5.74, 6) is -4.67. The van der Waals surface area contributed by atoms with Crippen LogP contribution in [-0.2, 0) is 0 Å². The molecule has 2 heterocycles. The van der Waals surface area contributed by atoms with E-state index < -0.39 is 40.5 Å². The molecule has 1 aromatic heterocycles. The van der Waals surface area contributed by atoms with Gasteiger partial charge in [-0.1, -0.05) is 11.6 Å². The number of hydrogen-bond donors (Lipinski definition) is 3. The first-order valence-corrected chi connectivity index (χ1v) is 6.74. The summed E-state index contributed by atoms with van der Waals surface area (Å²) in [7, 11) is 0. The van der Waals surface area contributed by atoms with E-state index in [1.54, 1.807) is 0 Å². The maximum Gasteiger partial charge on any atom is 0.338 e. The standard InChI is InChI=1S/C14H7ClFN3O5/c15-6-3-7(16)4(14(23)24)1-8(6)19-9(20)2-5-10(11(19)17)13(22)18-12(5)21/h1-3H,17H2,(H,23,24)(H,18,21,22). The van der Waals surface area contributed by atoms with E-state index in [1.165, 1.54) is 0 Å². The van der Waals surface area contributed by atoms with E-state index in [2.05, 4.69) is 0 Å². The number of aromatic nitrogens is 1. The van der Waals surface area contributed by atoms with E-state index in [1.807, 2.05) is 5.32 Å². The average Bonchev–Trinajstić information content (AvgIpc) is 2.75. The number of nitrogens with one attached hydrogen (secondary N) is 1. The number of benzene rings is 1. The van der Waals surface area contributed by atoms with Gasteiger partial charge in [0, 0.05) is 6.07 Å². The number of rotatable bonds is 2. The fraction of sp³-hybridized carbons (Fsp3) is 0. The number of nitrogens with two attached hydrogens (primary N) is 1. The second kappa shape index (κ2) is 5.17. The number of amides is 2. The second-order valence-electron chi connectivity index (χ2n) is 4.86. The first-order chi connectivity index (χ1) is 11.2. The van der Waals surface area contributed by atoms with Crippen molar-refractivity contribution in [2.75, 3.05) is 5.73 Å². The third kappa shape index (κ3) is 2.14. The molecule has 1 aliphatic rings. The van der Waals surface area contributed by atoms with Crippen LogP contribution in [0.3, 0.4) is 0 Å². The van der Waals surface area contributed by atoms with Gasteiger partial charge in [0.1, 0.15) is 11.6 Å². The minimum absolute atomic E-state index is 0.199. The van der Waals surface area contributed by atoms with Crippen LogP contribution in [0, 0.1) is 5.82 Å². The van der Waals surface area contributed by atoms with Crippen LogP contribution in [0.5, 0.6) is 0 Å². The number of nitrogens with zero attached hydrogens (tertiary/aromatic N) is 1. The summed E-state index contributed by atoms with van der Waals surface area (Å²) in [6, 6.07) is 2.40. The summed E-state index contributed by atoms with van der Waals surface area (Å²) in [6.45, 7) is 0. The third-order valence-electron chi connectivity index (χ3n) is 3.46. The van der Waals surface area contributed by atoms with Crippen LogP contribution in [0.1, 0.15) is 31.1 Å². The Morgan fingerprint density at radius 3 is 2.50 bits per heavy atom. The zero-order chi connectivity index (χ0) is 17.8. The Bertz CT molecular complexity index is 1010. The number of hydrogen-bond acceptors (Lipinski definition) is 5. The molecule has 0 saturated carbocycles. The van der Waals surface area contributed by atoms with Crippen molar-refractivity contribution >= 4 is 35.2 Å². The zero-order valence-electron chi connectivity index (χ0n) is 11.6. The molecule has 0 aliphatic carbocycles. The number of aromatic carboxylic acids is 1. The number of halogens is 2. The summed E-state index contributed by atoms with van der Waals surface area (Å²) in [4.78, 5) is 46.7. The lowest BCUT2D eigenvalue weighted by Crippen LogP contribution is -2.24. The Hall–Kier alpha value is -3.20. The Labute approximate surface area is 137 Å². The Morgan fingerprint density at radius 1 is 1.21 bits per heavy atom. The molecule has 1 aromatic carbocycles. The SMILES string of the molecule is Nc1c2c(cc(=O)n1-c1cc(C(=O)O)c(F)cc1Cl)C(=O)NC2=O. The van der Waals surface area contributed by atoms with Gasteiger partial charge in [-0.05, 0) is 12.1 Å². The predicted octanol–water partition coefficient (Wildman–Crippen LogP) is 0.794. The normalized spacial score (nSPS) is 12.9. The Morgan fingerprint density at radius 2 is 1.88 bits per heavy atom. The lowest BCUT2D eigenvalue weighted by molar-refractivity contribution is 0.0691. The maximum atomic E-state index is 13.6. The molecule has 10 heteroatoms. The second-order valence-corrected chi connectivity index (χ2v) is 5.27. The molecular weight excluding hydrogens is 345 g/mol. The summed E-state index contributed by atoms with van der Waals surface area (Å²) in [5.41, 5.74) is 3.57. The number of pyridine rings is 1. The van der Waals surface area contributed by atoms with E-state index >= 15 is 0 Å². The summed E-state index contributed by atoms with van der Waals surface area (Å²) < 4.78 is 14.4. The van der Waals surface area contributed by atoms with E-state index in [0.717, 1.165) is 16.7 Å². The smallest absolute Gasteiger partial charge is 0.338 e. The van der Waals surface area contributed by atoms with E-state index in [4.69, 9.17) is 22.4 Å². The summed E-state index contributed by atoms with van der Waals surface area (Å²) >= 11 is 5.88. The molecule has 0 radical (unpaired) electrons. The molecule has 0 fully saturated rings. The molecule has 2 aromatic rings. The van der Waals surface area contributed by atoms with Gasteiger partial charge in [-0.25, -0.2) is 9.18 Å². The van der Waals surface area contributed by atoms with E-state index in [9.17, 15) is 23.6 Å². The molecule has 1 aliphatic heterocycles. The molecule has 122 valence electrons. The lowest BCUT2D eigenvalue weighted by Gasteiger charge is -2.14. The average molecular weight is 352 g/mol. The van der Waals surface area contributed by atoms with Gasteiger partial charge < -0.3 is 10.8 Å². The number of nitrogen functional groups attached to an aromatic ring is 1. The van der Waals surface area contributed by atoms with Gasteiger partial charge in [0.2, 0.25) is 0 Å². The summed E-state index contributed by atoms with van der Waals surface area (Å²) in [6.07, 6.45) is 0. The van der Waals surface area contributed by atoms with Crippen molar-refractivity contribution in [3.8, 4) is 5.69 Å². The Kier molecular flexibility index (Phi) is 3.38. The van der Waals surface area contributed by atoms with Gasteiger partial charge in [-0.2, -0.15) is 0 Å². The molecule has 2 amide bonds. The molecular formula is C14H7ClFN3O5. The van der Waals surface area contributed by atoms with Gasteiger partial charge in [-0.15, -0.1) is 0 Å². The van der Waals surface area contributed by atoms with Crippen molar-refractivity contribution in [2.24, 2.45) is 0 Å². The third-order valence-corrected chi connectivity index (χ3v) is 3.76. The Balaban J connectivity index is 2.37. The van der Waals surface area contributed by atoms with Crippen molar-refractivity contribution < 1.29 is 23.9 Å². The number of anilines is 1. The topological polar surface area (TPSA) is 131 Å². The first kappa shape index (κ1) is 15.7. The van der Waals surface area contributed by atoms with Crippen molar-refractivity contribution in [3.05, 3.63) is 56.1 Å². The molecule has 0 unspecified atom stereocenters. The zero-order valence-corrected chi connectivity index (χ0v) is 12.3. The van der Waals surface area contributed by atoms with Crippen molar-refractivity contribution in [3.63, 3.8) is 0 Å². The van der Waals surface area contributed by atoms with E-state index in [0.29, 0.717) is 6.07 Å². The summed E-state index contributed by atoms with van der Waals surface area (Å²) in [5, 5.41) is 10.7. The number of carboxylic acids is 1. The van der Waals surface area contributed by atoms with E-state index in [-0.39, 0.29) is 21.8 Å². The van der Waals surface area contributed by atoms with Gasteiger partial charge in [0.15, 0.2) is 0 Å². The molecule has 8 nitrogen and oxygen atoms in total. The van der Waals surface area contributed by atoms with Gasteiger partial charge in [-0.3, -0.25) is 24.3 Å². The molecule has 0 saturated heterocycles. The number of carboxylic acid groups (broad SMARTS) is 1. The first-order valence-electron chi connectivity index (χ1n) is 6.36. The number of carbonyl (C=O) groups is 3. The molecule has 0 spiro atoms. The molecule has 0 bridgehead atoms. The highest BCUT2D eigenvalue weighted by Crippen LogP contribution is 2.28. The number of imide groups is 1. The highest BCUT2D eigenvalue weighted by molar-refractivity contribution is 6.32. The van der Waals surface area contributed by atoms with Crippen molar-refractivity contribution in [2.45, 2.75) is 0 Å². The number of fused-ring (bicyclic) bond motifs is 1. The largest absolute Gasteiger partial charge is 0.478 e. The van der Waals surface area contributed by atoms with Crippen LogP contribution in [0.15, 0.2) is 23.0 Å². The van der Waals surface area contributed by atoms with Crippen LogP contribution in [0.25, 0.3) is 5.69 Å². The van der Waals surface area contributed by atoms with Crippen LogP contribution >= 0.6 is 11.6 Å². The van der Waals surface area contributed by atoms with Gasteiger partial charge in [0.05, 0.1) is 27.4 Å². The van der Waals surface area contributed by atoms with Crippen molar-refractivity contribution in [1.82, 2.24) is 9.88 Å². The molecule has 3 rings (SSSR count). The number of carbonyl (C=O) groups excluding carboxylic acids is 2. The van der Waals surface area contributed by atoms with Crippen LogP contribution in [-0.4, -0.2) is 27.5 Å². The molecule has 24 heavy (non-hydrogen) atoms. The molecule has 0 atom stereocenters. The van der Waals surface area contributed by atoms with Crippen molar-refractivity contribution in [1.29, 1.82) is 0 Å². The quantitative estimate of drug-likeness (QED) is 0.685. The van der Waals surface area contributed by atoms with Crippen LogP contribution < -0.4 is 16.6 Å². The van der Waals surface area contributed by atoms with Crippen LogP contribution in [0.2, 0.25) is 5.02 Å².